The molecule has 4 nitrogen and oxygen atoms in total. The highest BCUT2D eigenvalue weighted by atomic mass is 16.5. The third-order valence-corrected chi connectivity index (χ3v) is 4.30. The van der Waals surface area contributed by atoms with Gasteiger partial charge in [-0.25, -0.2) is 4.79 Å². The molecule has 1 rings (SSSR count). The molecule has 1 aliphatic rings. The van der Waals surface area contributed by atoms with Gasteiger partial charge in [-0.2, -0.15) is 0 Å². The molecular weight excluding hydrogens is 206 g/mol. The van der Waals surface area contributed by atoms with Gasteiger partial charge >= 0.3 is 5.97 Å². The summed E-state index contributed by atoms with van der Waals surface area (Å²) in [6.45, 7) is 10.4. The van der Waals surface area contributed by atoms with Gasteiger partial charge in [0, 0.05) is 12.6 Å². The summed E-state index contributed by atoms with van der Waals surface area (Å²) >= 11 is 0. The van der Waals surface area contributed by atoms with E-state index in [4.69, 9.17) is 0 Å². The van der Waals surface area contributed by atoms with Gasteiger partial charge < -0.3 is 15.2 Å². The smallest absolute Gasteiger partial charge is 0.338 e. The molecule has 0 aromatic rings. The van der Waals surface area contributed by atoms with E-state index in [1.165, 1.54) is 14.0 Å². The molecule has 0 saturated heterocycles. The molecule has 0 aliphatic heterocycles. The quantitative estimate of drug-likeness (QED) is 0.704. The van der Waals surface area contributed by atoms with Crippen LogP contribution in [0.5, 0.6) is 0 Å². The van der Waals surface area contributed by atoms with Crippen molar-refractivity contribution in [3.63, 3.8) is 0 Å². The van der Waals surface area contributed by atoms with Gasteiger partial charge in [0.05, 0.1) is 7.11 Å². The summed E-state index contributed by atoms with van der Waals surface area (Å²) in [6, 6.07) is 0.316. The number of carbonyl (C=O) groups excluding carboxylic acids is 1. The number of aliphatic hydroxyl groups is 1. The van der Waals surface area contributed by atoms with Crippen LogP contribution in [0.1, 0.15) is 34.6 Å². The third-order valence-electron chi connectivity index (χ3n) is 4.30. The predicted octanol–water partition coefficient (Wildman–Crippen LogP) is 0.935. The SMILES string of the molecule is COC(=O)C(C)(O)CNC1C(C)(C)C1(C)C. The number of hydrogen-bond acceptors (Lipinski definition) is 4. The second-order valence-electron chi connectivity index (χ2n) is 6.02. The van der Waals surface area contributed by atoms with E-state index in [0.29, 0.717) is 6.04 Å². The van der Waals surface area contributed by atoms with E-state index in [-0.39, 0.29) is 17.4 Å². The number of rotatable bonds is 4. The van der Waals surface area contributed by atoms with E-state index < -0.39 is 11.6 Å². The first-order valence-electron chi connectivity index (χ1n) is 5.61. The molecule has 0 spiro atoms. The highest BCUT2D eigenvalue weighted by molar-refractivity contribution is 5.78. The first kappa shape index (κ1) is 13.5. The molecule has 1 fully saturated rings. The van der Waals surface area contributed by atoms with E-state index in [0.717, 1.165) is 0 Å². The van der Waals surface area contributed by atoms with Gasteiger partial charge in [0.15, 0.2) is 5.60 Å². The maximum atomic E-state index is 11.3. The van der Waals surface area contributed by atoms with Crippen molar-refractivity contribution < 1.29 is 14.6 Å². The highest BCUT2D eigenvalue weighted by Gasteiger charge is 2.64. The zero-order valence-electron chi connectivity index (χ0n) is 11.0. The summed E-state index contributed by atoms with van der Waals surface area (Å²) in [4.78, 5) is 11.3. The lowest BCUT2D eigenvalue weighted by atomic mass is 10.0. The maximum absolute atomic E-state index is 11.3. The Morgan fingerprint density at radius 2 is 1.81 bits per heavy atom. The van der Waals surface area contributed by atoms with E-state index in [9.17, 15) is 9.90 Å². The lowest BCUT2D eigenvalue weighted by Crippen LogP contribution is -2.47. The maximum Gasteiger partial charge on any atom is 0.338 e. The first-order valence-corrected chi connectivity index (χ1v) is 5.61. The van der Waals surface area contributed by atoms with Gasteiger partial charge in [0.25, 0.3) is 0 Å². The Kier molecular flexibility index (Phi) is 3.12. The molecule has 0 heterocycles. The van der Waals surface area contributed by atoms with Crippen LogP contribution in [0.3, 0.4) is 0 Å². The van der Waals surface area contributed by atoms with Crippen LogP contribution in [-0.2, 0) is 9.53 Å². The molecule has 1 unspecified atom stereocenters. The summed E-state index contributed by atoms with van der Waals surface area (Å²) in [5.74, 6) is -0.601. The number of methoxy groups -OCH3 is 1. The normalized spacial score (nSPS) is 25.9. The van der Waals surface area contributed by atoms with Crippen molar-refractivity contribution >= 4 is 5.97 Å². The molecule has 0 bridgehead atoms. The third kappa shape index (κ3) is 1.96. The second kappa shape index (κ2) is 3.70. The Labute approximate surface area is 97.4 Å². The highest BCUT2D eigenvalue weighted by Crippen LogP contribution is 2.62. The van der Waals surface area contributed by atoms with Crippen LogP contribution in [0.15, 0.2) is 0 Å². The summed E-state index contributed by atoms with van der Waals surface area (Å²) in [6.07, 6.45) is 0. The van der Waals surface area contributed by atoms with Crippen molar-refractivity contribution in [2.45, 2.75) is 46.3 Å². The lowest BCUT2D eigenvalue weighted by molar-refractivity contribution is -0.160. The number of nitrogens with one attached hydrogen (secondary N) is 1. The molecule has 0 aromatic heterocycles. The summed E-state index contributed by atoms with van der Waals surface area (Å²) in [5, 5.41) is 13.1. The Hall–Kier alpha value is -0.610. The topological polar surface area (TPSA) is 58.6 Å². The fourth-order valence-electron chi connectivity index (χ4n) is 2.30. The van der Waals surface area contributed by atoms with Crippen molar-refractivity contribution in [3.8, 4) is 0 Å². The van der Waals surface area contributed by atoms with Crippen LogP contribution in [0.4, 0.5) is 0 Å². The van der Waals surface area contributed by atoms with E-state index in [1.807, 2.05) is 0 Å². The molecule has 1 atom stereocenters. The molecule has 0 radical (unpaired) electrons. The van der Waals surface area contributed by atoms with Crippen molar-refractivity contribution in [1.82, 2.24) is 5.32 Å². The Bertz CT molecular complexity index is 281. The van der Waals surface area contributed by atoms with Crippen LogP contribution >= 0.6 is 0 Å². The average Bonchev–Trinajstić information content (AvgIpc) is 2.53. The zero-order valence-corrected chi connectivity index (χ0v) is 11.0. The summed E-state index contributed by atoms with van der Waals surface area (Å²) < 4.78 is 4.54. The van der Waals surface area contributed by atoms with Crippen LogP contribution in [0.2, 0.25) is 0 Å². The van der Waals surface area contributed by atoms with E-state index in [1.54, 1.807) is 0 Å². The zero-order chi connectivity index (χ0) is 12.8. The van der Waals surface area contributed by atoms with Gasteiger partial charge in [-0.3, -0.25) is 0 Å². The van der Waals surface area contributed by atoms with Crippen LogP contribution in [0.25, 0.3) is 0 Å². The molecule has 0 amide bonds. The Morgan fingerprint density at radius 1 is 1.38 bits per heavy atom. The van der Waals surface area contributed by atoms with Crippen LogP contribution in [-0.4, -0.2) is 36.4 Å². The van der Waals surface area contributed by atoms with Crippen molar-refractivity contribution in [2.75, 3.05) is 13.7 Å². The van der Waals surface area contributed by atoms with Gasteiger partial charge in [-0.1, -0.05) is 27.7 Å². The Morgan fingerprint density at radius 3 is 2.12 bits per heavy atom. The lowest BCUT2D eigenvalue weighted by Gasteiger charge is -2.21. The fraction of sp³-hybridized carbons (Fsp3) is 0.917. The standard InChI is InChI=1S/C12H23NO3/c1-10(2)8(11(10,3)4)13-7-12(5,15)9(14)16-6/h8,13,15H,7H2,1-6H3. The fourth-order valence-corrected chi connectivity index (χ4v) is 2.30. The van der Waals surface area contributed by atoms with Gasteiger partial charge in [0.1, 0.15) is 0 Å². The predicted molar refractivity (Wildman–Crippen MR) is 62.0 cm³/mol. The van der Waals surface area contributed by atoms with Crippen molar-refractivity contribution in [1.29, 1.82) is 0 Å². The minimum Gasteiger partial charge on any atom is -0.467 e. The minimum atomic E-state index is -1.45. The van der Waals surface area contributed by atoms with Gasteiger partial charge in [-0.15, -0.1) is 0 Å². The number of esters is 1. The first-order chi connectivity index (χ1) is 7.07. The summed E-state index contributed by atoms with van der Waals surface area (Å²) in [5.41, 5.74) is -1.07. The molecular formula is C12H23NO3. The summed E-state index contributed by atoms with van der Waals surface area (Å²) in [7, 11) is 1.28. The Balaban J connectivity index is 2.52. The molecule has 16 heavy (non-hydrogen) atoms. The van der Waals surface area contributed by atoms with Gasteiger partial charge in [0.2, 0.25) is 0 Å². The number of carbonyl (C=O) groups is 1. The molecule has 1 saturated carbocycles. The minimum absolute atomic E-state index is 0.194. The largest absolute Gasteiger partial charge is 0.467 e. The molecule has 4 heteroatoms. The van der Waals surface area contributed by atoms with Gasteiger partial charge in [-0.05, 0) is 17.8 Å². The van der Waals surface area contributed by atoms with Crippen molar-refractivity contribution in [3.05, 3.63) is 0 Å². The second-order valence-corrected chi connectivity index (χ2v) is 6.02. The van der Waals surface area contributed by atoms with Crippen molar-refractivity contribution in [2.24, 2.45) is 10.8 Å². The van der Waals surface area contributed by atoms with E-state index >= 15 is 0 Å². The average molecular weight is 229 g/mol. The number of ether oxygens (including phenoxy) is 1. The number of hydrogen-bond donors (Lipinski definition) is 2. The molecule has 2 N–H and O–H groups in total. The van der Waals surface area contributed by atoms with Crippen LogP contribution in [0, 0.1) is 10.8 Å². The molecule has 0 aromatic carbocycles. The molecule has 94 valence electrons. The van der Waals surface area contributed by atoms with E-state index in [2.05, 4.69) is 37.7 Å². The monoisotopic (exact) mass is 229 g/mol. The van der Waals surface area contributed by atoms with Crippen LogP contribution < -0.4 is 5.32 Å². The molecule has 1 aliphatic carbocycles.